The first-order valence-electron chi connectivity index (χ1n) is 5.98. The molecule has 0 radical (unpaired) electrons. The van der Waals surface area contributed by atoms with Gasteiger partial charge in [0, 0.05) is 24.7 Å². The molecule has 2 heterocycles. The van der Waals surface area contributed by atoms with Gasteiger partial charge in [-0.3, -0.25) is 0 Å². The maximum atomic E-state index is 4.19. The molecule has 0 amide bonds. The number of aryl methyl sites for hydroxylation is 1. The Hall–Kier alpha value is -1.98. The van der Waals surface area contributed by atoms with Crippen LogP contribution in [0.15, 0.2) is 12.4 Å². The fourth-order valence-electron chi connectivity index (χ4n) is 1.75. The molecule has 0 aliphatic carbocycles. The molecule has 2 rings (SSSR count). The van der Waals surface area contributed by atoms with Gasteiger partial charge in [0.1, 0.15) is 18.0 Å². The normalized spacial score (nSPS) is 10.9. The van der Waals surface area contributed by atoms with Crippen LogP contribution < -0.4 is 5.32 Å². The van der Waals surface area contributed by atoms with Gasteiger partial charge in [0.25, 0.3) is 0 Å². The Morgan fingerprint density at radius 2 is 2.06 bits per heavy atom. The van der Waals surface area contributed by atoms with Gasteiger partial charge in [0.2, 0.25) is 0 Å². The fraction of sp³-hybridized carbons (Fsp3) is 0.500. The molecule has 6 heteroatoms. The minimum atomic E-state index is 0.373. The molecule has 0 atom stereocenters. The molecule has 0 spiro atoms. The highest BCUT2D eigenvalue weighted by Crippen LogP contribution is 2.12. The van der Waals surface area contributed by atoms with E-state index >= 15 is 0 Å². The van der Waals surface area contributed by atoms with Crippen molar-refractivity contribution < 1.29 is 0 Å². The second-order valence-electron chi connectivity index (χ2n) is 4.59. The van der Waals surface area contributed by atoms with Crippen LogP contribution in [0.2, 0.25) is 0 Å². The molecule has 0 bridgehead atoms. The number of nitrogens with zero attached hydrogens (tertiary/aromatic N) is 5. The van der Waals surface area contributed by atoms with Crippen LogP contribution in [0.5, 0.6) is 0 Å². The van der Waals surface area contributed by atoms with Gasteiger partial charge in [-0.1, -0.05) is 13.8 Å². The minimum absolute atomic E-state index is 0.373. The summed E-state index contributed by atoms with van der Waals surface area (Å²) in [5.74, 6) is 3.06. The van der Waals surface area contributed by atoms with Gasteiger partial charge in [-0.25, -0.2) is 9.97 Å². The summed E-state index contributed by atoms with van der Waals surface area (Å²) in [4.78, 5) is 8.20. The van der Waals surface area contributed by atoms with Gasteiger partial charge in [-0.05, 0) is 6.92 Å². The molecular weight excluding hydrogens is 228 g/mol. The van der Waals surface area contributed by atoms with Crippen molar-refractivity contribution in [2.75, 3.05) is 5.32 Å². The Labute approximate surface area is 106 Å². The lowest BCUT2D eigenvalue weighted by Gasteiger charge is -2.07. The van der Waals surface area contributed by atoms with Crippen molar-refractivity contribution in [3.63, 3.8) is 0 Å². The molecule has 96 valence electrons. The second kappa shape index (κ2) is 5.12. The monoisotopic (exact) mass is 246 g/mol. The Morgan fingerprint density at radius 3 is 2.67 bits per heavy atom. The Kier molecular flexibility index (Phi) is 3.55. The Bertz CT molecular complexity index is 531. The summed E-state index contributed by atoms with van der Waals surface area (Å²) in [6.45, 7) is 6.75. The molecule has 6 nitrogen and oxygen atoms in total. The lowest BCUT2D eigenvalue weighted by atomic mass is 10.2. The van der Waals surface area contributed by atoms with Crippen LogP contribution in [0.1, 0.15) is 37.1 Å². The van der Waals surface area contributed by atoms with E-state index in [0.29, 0.717) is 12.5 Å². The zero-order chi connectivity index (χ0) is 13.1. The molecule has 1 N–H and O–H groups in total. The smallest absolute Gasteiger partial charge is 0.152 e. The van der Waals surface area contributed by atoms with E-state index in [9.17, 15) is 0 Å². The van der Waals surface area contributed by atoms with Crippen LogP contribution in [0.4, 0.5) is 5.82 Å². The zero-order valence-electron chi connectivity index (χ0n) is 11.2. The van der Waals surface area contributed by atoms with Crippen LogP contribution >= 0.6 is 0 Å². The Morgan fingerprint density at radius 1 is 1.28 bits per heavy atom. The van der Waals surface area contributed by atoms with Crippen molar-refractivity contribution in [2.45, 2.75) is 33.2 Å². The standard InChI is InChI=1S/C12H18N6/c1-8(2)12-17-16-11(18(12)4)6-13-10-5-9(3)14-7-15-10/h5,7-8H,6H2,1-4H3,(H,13,14,15). The van der Waals surface area contributed by atoms with Crippen LogP contribution in [0.3, 0.4) is 0 Å². The van der Waals surface area contributed by atoms with Crippen LogP contribution in [0.25, 0.3) is 0 Å². The van der Waals surface area contributed by atoms with E-state index in [0.717, 1.165) is 23.2 Å². The van der Waals surface area contributed by atoms with E-state index in [1.165, 1.54) is 0 Å². The number of aromatic nitrogens is 5. The van der Waals surface area contributed by atoms with E-state index in [4.69, 9.17) is 0 Å². The predicted octanol–water partition coefficient (Wildman–Crippen LogP) is 1.65. The molecule has 18 heavy (non-hydrogen) atoms. The van der Waals surface area contributed by atoms with E-state index < -0.39 is 0 Å². The highest BCUT2D eigenvalue weighted by molar-refractivity contribution is 5.34. The second-order valence-corrected chi connectivity index (χ2v) is 4.59. The summed E-state index contributed by atoms with van der Waals surface area (Å²) >= 11 is 0. The summed E-state index contributed by atoms with van der Waals surface area (Å²) in [6, 6.07) is 1.90. The third-order valence-corrected chi connectivity index (χ3v) is 2.75. The first-order chi connectivity index (χ1) is 8.58. The molecule has 0 aliphatic rings. The summed E-state index contributed by atoms with van der Waals surface area (Å²) in [6.07, 6.45) is 1.55. The van der Waals surface area contributed by atoms with E-state index in [-0.39, 0.29) is 0 Å². The van der Waals surface area contributed by atoms with Gasteiger partial charge in [0.05, 0.1) is 6.54 Å². The quantitative estimate of drug-likeness (QED) is 0.888. The van der Waals surface area contributed by atoms with Crippen molar-refractivity contribution in [2.24, 2.45) is 7.05 Å². The lowest BCUT2D eigenvalue weighted by molar-refractivity contribution is 0.692. The first-order valence-corrected chi connectivity index (χ1v) is 5.98. The zero-order valence-corrected chi connectivity index (χ0v) is 11.2. The molecule has 0 fully saturated rings. The topological polar surface area (TPSA) is 68.5 Å². The molecule has 0 aromatic carbocycles. The van der Waals surface area contributed by atoms with Gasteiger partial charge in [0.15, 0.2) is 5.82 Å². The van der Waals surface area contributed by atoms with E-state index in [1.54, 1.807) is 6.33 Å². The number of rotatable bonds is 4. The van der Waals surface area contributed by atoms with E-state index in [1.807, 2.05) is 24.6 Å². The predicted molar refractivity (Wildman–Crippen MR) is 69.2 cm³/mol. The lowest BCUT2D eigenvalue weighted by Crippen LogP contribution is -2.09. The number of anilines is 1. The maximum Gasteiger partial charge on any atom is 0.152 e. The van der Waals surface area contributed by atoms with Crippen LogP contribution in [0, 0.1) is 6.92 Å². The molecule has 0 unspecified atom stereocenters. The van der Waals surface area contributed by atoms with Crippen LogP contribution in [-0.2, 0) is 13.6 Å². The number of hydrogen-bond acceptors (Lipinski definition) is 5. The molecular formula is C12H18N6. The summed E-state index contributed by atoms with van der Waals surface area (Å²) in [5, 5.41) is 11.6. The van der Waals surface area contributed by atoms with Gasteiger partial charge >= 0.3 is 0 Å². The van der Waals surface area contributed by atoms with Crippen molar-refractivity contribution in [3.8, 4) is 0 Å². The highest BCUT2D eigenvalue weighted by Gasteiger charge is 2.11. The third-order valence-electron chi connectivity index (χ3n) is 2.75. The number of nitrogens with one attached hydrogen (secondary N) is 1. The third kappa shape index (κ3) is 2.64. The van der Waals surface area contributed by atoms with Gasteiger partial charge < -0.3 is 9.88 Å². The van der Waals surface area contributed by atoms with Crippen molar-refractivity contribution >= 4 is 5.82 Å². The van der Waals surface area contributed by atoms with Gasteiger partial charge in [-0.15, -0.1) is 10.2 Å². The average molecular weight is 246 g/mol. The molecule has 2 aromatic heterocycles. The molecule has 0 saturated carbocycles. The first kappa shape index (κ1) is 12.5. The highest BCUT2D eigenvalue weighted by atomic mass is 15.3. The van der Waals surface area contributed by atoms with Crippen molar-refractivity contribution in [1.82, 2.24) is 24.7 Å². The van der Waals surface area contributed by atoms with Crippen molar-refractivity contribution in [1.29, 1.82) is 0 Å². The van der Waals surface area contributed by atoms with Gasteiger partial charge in [-0.2, -0.15) is 0 Å². The summed E-state index contributed by atoms with van der Waals surface area (Å²) in [7, 11) is 1.98. The molecule has 2 aromatic rings. The minimum Gasteiger partial charge on any atom is -0.363 e. The fourth-order valence-corrected chi connectivity index (χ4v) is 1.75. The average Bonchev–Trinajstić information content (AvgIpc) is 2.68. The summed E-state index contributed by atoms with van der Waals surface area (Å²) in [5.41, 5.74) is 0.938. The van der Waals surface area contributed by atoms with E-state index in [2.05, 4.69) is 39.3 Å². The maximum absolute atomic E-state index is 4.19. The summed E-state index contributed by atoms with van der Waals surface area (Å²) < 4.78 is 2.02. The molecule has 0 aliphatic heterocycles. The van der Waals surface area contributed by atoms with Crippen LogP contribution in [-0.4, -0.2) is 24.7 Å². The largest absolute Gasteiger partial charge is 0.363 e. The SMILES string of the molecule is Cc1cc(NCc2nnc(C(C)C)n2C)ncn1. The van der Waals surface area contributed by atoms with Crippen molar-refractivity contribution in [3.05, 3.63) is 29.7 Å². The number of hydrogen-bond donors (Lipinski definition) is 1. The Balaban J connectivity index is 2.07. The molecule has 0 saturated heterocycles.